The molecular formula is C18H17Cl2NO4. The van der Waals surface area contributed by atoms with Crippen molar-refractivity contribution in [3.63, 3.8) is 0 Å². The lowest BCUT2D eigenvalue weighted by Gasteiger charge is -2.18. The Bertz CT molecular complexity index is 742. The second-order valence-corrected chi connectivity index (χ2v) is 6.00. The molecule has 0 radical (unpaired) electrons. The van der Waals surface area contributed by atoms with Crippen molar-refractivity contribution < 1.29 is 19.1 Å². The Morgan fingerprint density at radius 3 is 2.20 bits per heavy atom. The Labute approximate surface area is 155 Å². The highest BCUT2D eigenvalue weighted by atomic mass is 35.5. The zero-order chi connectivity index (χ0) is 18.4. The largest absolute Gasteiger partial charge is 0.494 e. The molecule has 0 aromatic heterocycles. The molecule has 0 aliphatic carbocycles. The lowest BCUT2D eigenvalue weighted by Crippen LogP contribution is -2.30. The first-order valence-corrected chi connectivity index (χ1v) is 8.17. The molecule has 0 aliphatic heterocycles. The van der Waals surface area contributed by atoms with Crippen LogP contribution in [0.1, 0.15) is 28.4 Å². The van der Waals surface area contributed by atoms with Gasteiger partial charge in [0, 0.05) is 5.56 Å². The van der Waals surface area contributed by atoms with Crippen LogP contribution in [-0.2, 0) is 9.53 Å². The number of carbonyl (C=O) groups is 2. The number of benzene rings is 2. The molecule has 25 heavy (non-hydrogen) atoms. The number of esters is 1. The number of nitrogens with one attached hydrogen (secondary N) is 1. The number of carbonyl (C=O) groups excluding carboxylic acids is 2. The highest BCUT2D eigenvalue weighted by Crippen LogP contribution is 2.34. The first-order chi connectivity index (χ1) is 12.0. The number of hydrogen-bond acceptors (Lipinski definition) is 4. The zero-order valence-electron chi connectivity index (χ0n) is 13.7. The highest BCUT2D eigenvalue weighted by molar-refractivity contribution is 6.37. The predicted molar refractivity (Wildman–Crippen MR) is 96.3 cm³/mol. The third kappa shape index (κ3) is 4.87. The summed E-state index contributed by atoms with van der Waals surface area (Å²) in [5.74, 6) is -0.543. The van der Waals surface area contributed by atoms with Gasteiger partial charge in [-0.1, -0.05) is 53.5 Å². The summed E-state index contributed by atoms with van der Waals surface area (Å²) >= 11 is 12.2. The second kappa shape index (κ2) is 8.74. The van der Waals surface area contributed by atoms with Crippen LogP contribution >= 0.6 is 23.2 Å². The average molecular weight is 382 g/mol. The molecule has 0 saturated heterocycles. The molecule has 5 nitrogen and oxygen atoms in total. The van der Waals surface area contributed by atoms with E-state index in [0.717, 1.165) is 5.56 Å². The first kappa shape index (κ1) is 19.1. The lowest BCUT2D eigenvalue weighted by molar-refractivity contribution is -0.141. The van der Waals surface area contributed by atoms with Gasteiger partial charge in [-0.3, -0.25) is 9.59 Å². The summed E-state index contributed by atoms with van der Waals surface area (Å²) in [6, 6.07) is 11.5. The lowest BCUT2D eigenvalue weighted by atomic mass is 10.0. The van der Waals surface area contributed by atoms with E-state index >= 15 is 0 Å². The molecule has 2 aromatic rings. The van der Waals surface area contributed by atoms with Crippen LogP contribution in [0.4, 0.5) is 0 Å². The average Bonchev–Trinajstić information content (AvgIpc) is 2.61. The fraction of sp³-hybridized carbons (Fsp3) is 0.222. The fourth-order valence-corrected chi connectivity index (χ4v) is 2.96. The molecule has 132 valence electrons. The van der Waals surface area contributed by atoms with Crippen molar-refractivity contribution in [2.24, 2.45) is 0 Å². The summed E-state index contributed by atoms with van der Waals surface area (Å²) in [7, 11) is 2.74. The van der Waals surface area contributed by atoms with E-state index in [2.05, 4.69) is 5.32 Å². The van der Waals surface area contributed by atoms with Crippen molar-refractivity contribution in [2.75, 3.05) is 14.2 Å². The third-order valence-corrected chi connectivity index (χ3v) is 4.13. The van der Waals surface area contributed by atoms with Gasteiger partial charge >= 0.3 is 5.97 Å². The van der Waals surface area contributed by atoms with E-state index in [-0.39, 0.29) is 22.0 Å². The Morgan fingerprint density at radius 2 is 1.68 bits per heavy atom. The van der Waals surface area contributed by atoms with Crippen LogP contribution in [0.3, 0.4) is 0 Å². The van der Waals surface area contributed by atoms with Gasteiger partial charge in [0.1, 0.15) is 0 Å². The maximum Gasteiger partial charge on any atom is 0.307 e. The molecule has 1 N–H and O–H groups in total. The predicted octanol–water partition coefficient (Wildman–Crippen LogP) is 4.04. The van der Waals surface area contributed by atoms with Gasteiger partial charge in [0.2, 0.25) is 0 Å². The monoisotopic (exact) mass is 381 g/mol. The van der Waals surface area contributed by atoms with Crippen molar-refractivity contribution in [1.82, 2.24) is 5.32 Å². The van der Waals surface area contributed by atoms with Crippen molar-refractivity contribution in [3.8, 4) is 5.75 Å². The SMILES string of the molecule is COC(=O)CC(NC(=O)c1cc(Cl)c(OC)c(Cl)c1)c1ccccc1. The summed E-state index contributed by atoms with van der Waals surface area (Å²) < 4.78 is 9.78. The van der Waals surface area contributed by atoms with Crippen molar-refractivity contribution in [2.45, 2.75) is 12.5 Å². The molecule has 1 atom stereocenters. The zero-order valence-corrected chi connectivity index (χ0v) is 15.2. The highest BCUT2D eigenvalue weighted by Gasteiger charge is 2.21. The van der Waals surface area contributed by atoms with Gasteiger partial charge in [0.05, 0.1) is 36.7 Å². The minimum absolute atomic E-state index is 0.00384. The van der Waals surface area contributed by atoms with Crippen LogP contribution in [0, 0.1) is 0 Å². The summed E-state index contributed by atoms with van der Waals surface area (Å²) in [6.07, 6.45) is 0.00384. The molecule has 0 heterocycles. The van der Waals surface area contributed by atoms with Crippen molar-refractivity contribution >= 4 is 35.1 Å². The van der Waals surface area contributed by atoms with Crippen LogP contribution in [0.25, 0.3) is 0 Å². The molecule has 0 aliphatic rings. The van der Waals surface area contributed by atoms with Gasteiger partial charge in [0.15, 0.2) is 5.75 Å². The topological polar surface area (TPSA) is 64.6 Å². The standard InChI is InChI=1S/C18H17Cl2NO4/c1-24-16(22)10-15(11-6-4-3-5-7-11)21-18(23)12-8-13(19)17(25-2)14(20)9-12/h3-9,15H,10H2,1-2H3,(H,21,23). The number of rotatable bonds is 6. The second-order valence-electron chi connectivity index (χ2n) is 5.19. The first-order valence-electron chi connectivity index (χ1n) is 7.42. The van der Waals surface area contributed by atoms with Gasteiger partial charge in [-0.15, -0.1) is 0 Å². The van der Waals surface area contributed by atoms with E-state index in [1.807, 2.05) is 30.3 Å². The minimum Gasteiger partial charge on any atom is -0.494 e. The summed E-state index contributed by atoms with van der Waals surface area (Å²) in [5, 5.41) is 3.26. The molecule has 0 spiro atoms. The normalized spacial score (nSPS) is 11.5. The maximum absolute atomic E-state index is 12.6. The Morgan fingerprint density at radius 1 is 1.08 bits per heavy atom. The molecule has 0 bridgehead atoms. The van der Waals surface area contributed by atoms with Crippen molar-refractivity contribution in [3.05, 3.63) is 63.6 Å². The number of amides is 1. The Kier molecular flexibility index (Phi) is 6.67. The maximum atomic E-state index is 12.6. The van der Waals surface area contributed by atoms with Crippen LogP contribution < -0.4 is 10.1 Å². The van der Waals surface area contributed by atoms with E-state index in [1.54, 1.807) is 0 Å². The molecule has 7 heteroatoms. The van der Waals surface area contributed by atoms with Crippen molar-refractivity contribution in [1.29, 1.82) is 0 Å². The van der Waals surface area contributed by atoms with Gasteiger partial charge in [-0.2, -0.15) is 0 Å². The number of methoxy groups -OCH3 is 2. The molecule has 0 saturated carbocycles. The third-order valence-electron chi connectivity index (χ3n) is 3.57. The summed E-state index contributed by atoms with van der Waals surface area (Å²) in [6.45, 7) is 0. The quantitative estimate of drug-likeness (QED) is 0.766. The molecular weight excluding hydrogens is 365 g/mol. The van der Waals surface area contributed by atoms with Crippen LogP contribution in [-0.4, -0.2) is 26.1 Å². The Balaban J connectivity index is 2.26. The van der Waals surface area contributed by atoms with Gasteiger partial charge in [0.25, 0.3) is 5.91 Å². The summed E-state index contributed by atoms with van der Waals surface area (Å²) in [5.41, 5.74) is 1.05. The van der Waals surface area contributed by atoms with Crippen LogP contribution in [0.2, 0.25) is 10.0 Å². The number of halogens is 2. The molecule has 0 fully saturated rings. The molecule has 1 amide bonds. The molecule has 2 aromatic carbocycles. The van der Waals surface area contributed by atoms with Crippen LogP contribution in [0.5, 0.6) is 5.75 Å². The van der Waals surface area contributed by atoms with Gasteiger partial charge < -0.3 is 14.8 Å². The van der Waals surface area contributed by atoms with Gasteiger partial charge in [-0.25, -0.2) is 0 Å². The minimum atomic E-state index is -0.541. The molecule has 1 unspecified atom stereocenters. The number of hydrogen-bond donors (Lipinski definition) is 1. The van der Waals surface area contributed by atoms with E-state index in [0.29, 0.717) is 5.75 Å². The molecule has 2 rings (SSSR count). The van der Waals surface area contributed by atoms with E-state index < -0.39 is 17.9 Å². The van der Waals surface area contributed by atoms with E-state index in [9.17, 15) is 9.59 Å². The Hall–Kier alpha value is -2.24. The number of ether oxygens (including phenoxy) is 2. The van der Waals surface area contributed by atoms with Crippen LogP contribution in [0.15, 0.2) is 42.5 Å². The van der Waals surface area contributed by atoms with E-state index in [4.69, 9.17) is 32.7 Å². The van der Waals surface area contributed by atoms with E-state index in [1.165, 1.54) is 26.4 Å². The smallest absolute Gasteiger partial charge is 0.307 e. The van der Waals surface area contributed by atoms with Gasteiger partial charge in [-0.05, 0) is 17.7 Å². The fourth-order valence-electron chi connectivity index (χ4n) is 2.32. The summed E-state index contributed by atoms with van der Waals surface area (Å²) in [4.78, 5) is 24.3.